The van der Waals surface area contributed by atoms with Crippen molar-refractivity contribution in [1.29, 1.82) is 0 Å². The molecule has 0 saturated heterocycles. The Labute approximate surface area is 149 Å². The zero-order valence-corrected chi connectivity index (χ0v) is 15.0. The van der Waals surface area contributed by atoms with E-state index in [1.165, 1.54) is 5.56 Å². The van der Waals surface area contributed by atoms with Gasteiger partial charge in [0.05, 0.1) is 19.2 Å². The zero-order chi connectivity index (χ0) is 16.9. The van der Waals surface area contributed by atoms with Gasteiger partial charge in [-0.05, 0) is 24.1 Å². The van der Waals surface area contributed by atoms with Crippen LogP contribution in [0, 0.1) is 6.92 Å². The second kappa shape index (κ2) is 7.45. The fourth-order valence-electron chi connectivity index (χ4n) is 2.43. The number of rotatable bonds is 5. The molecule has 3 rings (SSSR count). The minimum absolute atomic E-state index is 0.0484. The summed E-state index contributed by atoms with van der Waals surface area (Å²) in [6.07, 6.45) is 2.04. The molecule has 0 aliphatic rings. The lowest BCUT2D eigenvalue weighted by Gasteiger charge is -2.10. The number of amides is 1. The van der Waals surface area contributed by atoms with Gasteiger partial charge in [-0.15, -0.1) is 0 Å². The highest BCUT2D eigenvalue weighted by Crippen LogP contribution is 2.19. The van der Waals surface area contributed by atoms with Crippen LogP contribution in [-0.2, 0) is 17.8 Å². The fraction of sp³-hybridized carbons (Fsp3) is 0.158. The molecule has 1 heterocycles. The van der Waals surface area contributed by atoms with Crippen molar-refractivity contribution in [3.8, 4) is 0 Å². The molecule has 24 heavy (non-hydrogen) atoms. The molecule has 5 heteroatoms. The van der Waals surface area contributed by atoms with Crippen LogP contribution in [0.1, 0.15) is 16.7 Å². The molecule has 0 fully saturated rings. The van der Waals surface area contributed by atoms with Crippen LogP contribution in [0.15, 0.2) is 65.3 Å². The lowest BCUT2D eigenvalue weighted by atomic mass is 10.1. The standard InChI is InChI=1S/C19H18BrN3O/c1-14-6-8-15(9-7-14)12-19(24)22-18-10-11-21-23(18)13-16-4-2-3-5-17(16)20/h2-11H,12-13H2,1H3,(H,22,24). The normalized spacial score (nSPS) is 10.6. The molecule has 0 unspecified atom stereocenters. The molecule has 0 spiro atoms. The summed E-state index contributed by atoms with van der Waals surface area (Å²) >= 11 is 3.54. The largest absolute Gasteiger partial charge is 0.311 e. The number of benzene rings is 2. The number of nitrogens with zero attached hydrogens (tertiary/aromatic N) is 2. The van der Waals surface area contributed by atoms with E-state index in [0.717, 1.165) is 15.6 Å². The Morgan fingerprint density at radius 2 is 1.88 bits per heavy atom. The first-order chi connectivity index (χ1) is 11.6. The Kier molecular flexibility index (Phi) is 5.11. The van der Waals surface area contributed by atoms with Crippen LogP contribution < -0.4 is 5.32 Å². The SMILES string of the molecule is Cc1ccc(CC(=O)Nc2ccnn2Cc2ccccc2Br)cc1. The Morgan fingerprint density at radius 3 is 2.62 bits per heavy atom. The third kappa shape index (κ3) is 4.11. The van der Waals surface area contributed by atoms with E-state index in [-0.39, 0.29) is 5.91 Å². The quantitative estimate of drug-likeness (QED) is 0.717. The van der Waals surface area contributed by atoms with Crippen LogP contribution in [0.25, 0.3) is 0 Å². The smallest absolute Gasteiger partial charge is 0.229 e. The van der Waals surface area contributed by atoms with Crippen LogP contribution in [0.5, 0.6) is 0 Å². The molecule has 0 radical (unpaired) electrons. The van der Waals surface area contributed by atoms with Gasteiger partial charge in [0.2, 0.25) is 5.91 Å². The number of carbonyl (C=O) groups excluding carboxylic acids is 1. The molecule has 1 aromatic heterocycles. The van der Waals surface area contributed by atoms with Gasteiger partial charge in [-0.25, -0.2) is 4.68 Å². The third-order valence-electron chi connectivity index (χ3n) is 3.75. The van der Waals surface area contributed by atoms with Crippen LogP contribution in [0.2, 0.25) is 0 Å². The van der Waals surface area contributed by atoms with E-state index in [1.54, 1.807) is 10.9 Å². The summed E-state index contributed by atoms with van der Waals surface area (Å²) in [5, 5.41) is 7.24. The van der Waals surface area contributed by atoms with Gasteiger partial charge in [-0.1, -0.05) is 64.0 Å². The summed E-state index contributed by atoms with van der Waals surface area (Å²) < 4.78 is 2.81. The minimum Gasteiger partial charge on any atom is -0.311 e. The van der Waals surface area contributed by atoms with Crippen molar-refractivity contribution in [2.75, 3.05) is 5.32 Å². The average molecular weight is 384 g/mol. The van der Waals surface area contributed by atoms with Crippen molar-refractivity contribution < 1.29 is 4.79 Å². The summed E-state index contributed by atoms with van der Waals surface area (Å²) in [5.74, 6) is 0.649. The van der Waals surface area contributed by atoms with Gasteiger partial charge in [-0.3, -0.25) is 4.79 Å². The van der Waals surface area contributed by atoms with Gasteiger partial charge < -0.3 is 5.32 Å². The Hall–Kier alpha value is -2.40. The first-order valence-corrected chi connectivity index (χ1v) is 8.52. The maximum absolute atomic E-state index is 12.3. The molecule has 1 N–H and O–H groups in total. The molecule has 4 nitrogen and oxygen atoms in total. The Bertz CT molecular complexity index is 840. The number of aryl methyl sites for hydroxylation is 1. The van der Waals surface area contributed by atoms with E-state index < -0.39 is 0 Å². The van der Waals surface area contributed by atoms with Gasteiger partial charge in [0, 0.05) is 10.5 Å². The first kappa shape index (κ1) is 16.5. The molecule has 2 aromatic carbocycles. The van der Waals surface area contributed by atoms with Crippen LogP contribution in [-0.4, -0.2) is 15.7 Å². The number of anilines is 1. The zero-order valence-electron chi connectivity index (χ0n) is 13.4. The van der Waals surface area contributed by atoms with Crippen LogP contribution in [0.3, 0.4) is 0 Å². The van der Waals surface area contributed by atoms with Gasteiger partial charge in [0.25, 0.3) is 0 Å². The maximum Gasteiger partial charge on any atom is 0.229 e. The minimum atomic E-state index is -0.0484. The van der Waals surface area contributed by atoms with Crippen molar-refractivity contribution >= 4 is 27.7 Å². The summed E-state index contributed by atoms with van der Waals surface area (Å²) in [6, 6.07) is 17.8. The molecule has 0 aliphatic heterocycles. The van der Waals surface area contributed by atoms with Crippen molar-refractivity contribution in [2.45, 2.75) is 19.9 Å². The van der Waals surface area contributed by atoms with Crippen LogP contribution in [0.4, 0.5) is 5.82 Å². The third-order valence-corrected chi connectivity index (χ3v) is 4.52. The highest BCUT2D eigenvalue weighted by atomic mass is 79.9. The number of hydrogen-bond donors (Lipinski definition) is 1. The molecular formula is C19H18BrN3O. The highest BCUT2D eigenvalue weighted by Gasteiger charge is 2.09. The summed E-state index contributed by atoms with van der Waals surface area (Å²) in [7, 11) is 0. The predicted octanol–water partition coefficient (Wildman–Crippen LogP) is 4.18. The summed E-state index contributed by atoms with van der Waals surface area (Å²) in [5.41, 5.74) is 3.29. The average Bonchev–Trinajstić information content (AvgIpc) is 2.99. The lowest BCUT2D eigenvalue weighted by molar-refractivity contribution is -0.115. The number of carbonyl (C=O) groups is 1. The number of halogens is 1. The maximum atomic E-state index is 12.3. The van der Waals surface area contributed by atoms with Crippen molar-refractivity contribution in [3.63, 3.8) is 0 Å². The first-order valence-electron chi connectivity index (χ1n) is 7.72. The van der Waals surface area contributed by atoms with E-state index >= 15 is 0 Å². The van der Waals surface area contributed by atoms with E-state index in [1.807, 2.05) is 61.5 Å². The number of nitrogens with one attached hydrogen (secondary N) is 1. The van der Waals surface area contributed by atoms with E-state index in [0.29, 0.717) is 18.8 Å². The molecule has 0 atom stereocenters. The summed E-state index contributed by atoms with van der Waals surface area (Å²) in [4.78, 5) is 12.3. The Morgan fingerprint density at radius 1 is 1.12 bits per heavy atom. The number of aromatic nitrogens is 2. The molecule has 122 valence electrons. The van der Waals surface area contributed by atoms with E-state index in [9.17, 15) is 4.79 Å². The molecule has 3 aromatic rings. The summed E-state index contributed by atoms with van der Waals surface area (Å²) in [6.45, 7) is 2.62. The van der Waals surface area contributed by atoms with Gasteiger partial charge in [0.15, 0.2) is 0 Å². The lowest BCUT2D eigenvalue weighted by Crippen LogP contribution is -2.18. The monoisotopic (exact) mass is 383 g/mol. The topological polar surface area (TPSA) is 46.9 Å². The molecular weight excluding hydrogens is 366 g/mol. The van der Waals surface area contributed by atoms with Gasteiger partial charge in [-0.2, -0.15) is 5.10 Å². The second-order valence-electron chi connectivity index (χ2n) is 5.68. The van der Waals surface area contributed by atoms with Crippen molar-refractivity contribution in [1.82, 2.24) is 9.78 Å². The predicted molar refractivity (Wildman–Crippen MR) is 99.0 cm³/mol. The van der Waals surface area contributed by atoms with E-state index in [4.69, 9.17) is 0 Å². The number of hydrogen-bond acceptors (Lipinski definition) is 2. The molecule has 0 saturated carbocycles. The van der Waals surface area contributed by atoms with Crippen molar-refractivity contribution in [3.05, 3.63) is 82.0 Å². The Balaban J connectivity index is 1.68. The molecule has 0 bridgehead atoms. The van der Waals surface area contributed by atoms with Gasteiger partial charge in [0.1, 0.15) is 5.82 Å². The van der Waals surface area contributed by atoms with Crippen molar-refractivity contribution in [2.24, 2.45) is 0 Å². The molecule has 1 amide bonds. The fourth-order valence-corrected chi connectivity index (χ4v) is 2.84. The van der Waals surface area contributed by atoms with E-state index in [2.05, 4.69) is 26.3 Å². The second-order valence-corrected chi connectivity index (χ2v) is 6.53. The molecule has 0 aliphatic carbocycles. The van der Waals surface area contributed by atoms with Crippen LogP contribution >= 0.6 is 15.9 Å². The van der Waals surface area contributed by atoms with Gasteiger partial charge >= 0.3 is 0 Å². The highest BCUT2D eigenvalue weighted by molar-refractivity contribution is 9.10.